The van der Waals surface area contributed by atoms with Crippen LogP contribution in [0.25, 0.3) is 0 Å². The Morgan fingerprint density at radius 2 is 2.10 bits per heavy atom. The normalized spacial score (nSPS) is 10.3. The maximum Gasteiger partial charge on any atom is 0.252 e. The Morgan fingerprint density at radius 1 is 1.19 bits per heavy atom. The zero-order valence-corrected chi connectivity index (χ0v) is 12.2. The Hall–Kier alpha value is -2.27. The second-order valence-electron chi connectivity index (χ2n) is 4.90. The number of nitrogens with zero attached hydrogens (tertiary/aromatic N) is 2. The van der Waals surface area contributed by atoms with Crippen LogP contribution in [-0.4, -0.2) is 29.0 Å². The number of hydrogen-bond donors (Lipinski definition) is 2. The van der Waals surface area contributed by atoms with Crippen molar-refractivity contribution in [1.29, 1.82) is 0 Å². The van der Waals surface area contributed by atoms with Gasteiger partial charge in [-0.25, -0.2) is 0 Å². The highest BCUT2D eigenvalue weighted by atomic mass is 16.1. The van der Waals surface area contributed by atoms with Crippen molar-refractivity contribution in [3.05, 3.63) is 59.7 Å². The van der Waals surface area contributed by atoms with Gasteiger partial charge in [-0.2, -0.15) is 0 Å². The van der Waals surface area contributed by atoms with E-state index in [9.17, 15) is 4.79 Å². The van der Waals surface area contributed by atoms with Crippen LogP contribution in [0.4, 0.5) is 0 Å². The Bertz CT molecular complexity index is 571. The minimum Gasteiger partial charge on any atom is -0.352 e. The Labute approximate surface area is 124 Å². The first kappa shape index (κ1) is 15.1. The lowest BCUT2D eigenvalue weighted by Gasteiger charge is -2.07. The van der Waals surface area contributed by atoms with Crippen LogP contribution in [0.3, 0.4) is 0 Å². The molecule has 0 aliphatic rings. The largest absolute Gasteiger partial charge is 0.352 e. The molecular formula is C16H20N4O. The van der Waals surface area contributed by atoms with Gasteiger partial charge in [-0.15, -0.1) is 0 Å². The molecule has 0 saturated heterocycles. The molecule has 2 rings (SSSR count). The number of nitrogens with one attached hydrogen (secondary N) is 2. The number of aromatic nitrogens is 2. The molecule has 0 aliphatic carbocycles. The smallest absolute Gasteiger partial charge is 0.252 e. The molecule has 0 unspecified atom stereocenters. The molecule has 5 heteroatoms. The lowest BCUT2D eigenvalue weighted by Crippen LogP contribution is -2.27. The van der Waals surface area contributed by atoms with E-state index in [1.807, 2.05) is 31.3 Å². The molecule has 0 radical (unpaired) electrons. The second kappa shape index (κ2) is 8.11. The molecule has 0 aliphatic heterocycles. The van der Waals surface area contributed by atoms with E-state index in [0.717, 1.165) is 30.6 Å². The van der Waals surface area contributed by atoms with Crippen LogP contribution in [0.5, 0.6) is 0 Å². The summed E-state index contributed by atoms with van der Waals surface area (Å²) >= 11 is 0. The van der Waals surface area contributed by atoms with Crippen molar-refractivity contribution in [2.24, 2.45) is 0 Å². The van der Waals surface area contributed by atoms with Gasteiger partial charge in [-0.1, -0.05) is 6.07 Å². The number of pyridine rings is 2. The Kier molecular flexibility index (Phi) is 5.84. The fourth-order valence-corrected chi connectivity index (χ4v) is 1.93. The zero-order valence-electron chi connectivity index (χ0n) is 12.2. The Balaban J connectivity index is 1.60. The van der Waals surface area contributed by atoms with Gasteiger partial charge in [0.1, 0.15) is 0 Å². The molecule has 0 atom stereocenters. The molecule has 1 amide bonds. The lowest BCUT2D eigenvalue weighted by molar-refractivity contribution is 0.0953. The summed E-state index contributed by atoms with van der Waals surface area (Å²) in [7, 11) is 0. The fourth-order valence-electron chi connectivity index (χ4n) is 1.93. The van der Waals surface area contributed by atoms with Gasteiger partial charge in [-0.05, 0) is 43.1 Å². The van der Waals surface area contributed by atoms with E-state index >= 15 is 0 Å². The predicted octanol–water partition coefficient (Wildman–Crippen LogP) is 1.69. The van der Waals surface area contributed by atoms with Gasteiger partial charge in [0, 0.05) is 37.9 Å². The maximum absolute atomic E-state index is 11.9. The molecule has 5 nitrogen and oxygen atoms in total. The van der Waals surface area contributed by atoms with Crippen LogP contribution in [0.2, 0.25) is 0 Å². The van der Waals surface area contributed by atoms with Gasteiger partial charge in [0.2, 0.25) is 0 Å². The zero-order chi connectivity index (χ0) is 14.9. The second-order valence-corrected chi connectivity index (χ2v) is 4.90. The summed E-state index contributed by atoms with van der Waals surface area (Å²) in [5.74, 6) is -0.0709. The van der Waals surface area contributed by atoms with Crippen LogP contribution in [0, 0.1) is 6.92 Å². The molecule has 2 aromatic heterocycles. The number of rotatable bonds is 7. The number of carbonyl (C=O) groups is 1. The molecule has 2 heterocycles. The van der Waals surface area contributed by atoms with Crippen LogP contribution >= 0.6 is 0 Å². The fraction of sp³-hybridized carbons (Fsp3) is 0.312. The van der Waals surface area contributed by atoms with E-state index in [1.165, 1.54) is 0 Å². The van der Waals surface area contributed by atoms with Crippen molar-refractivity contribution in [2.75, 3.05) is 13.1 Å². The predicted molar refractivity (Wildman–Crippen MR) is 81.9 cm³/mol. The third-order valence-electron chi connectivity index (χ3n) is 3.00. The monoisotopic (exact) mass is 284 g/mol. The van der Waals surface area contributed by atoms with E-state index in [1.54, 1.807) is 18.6 Å². The summed E-state index contributed by atoms with van der Waals surface area (Å²) in [6.45, 7) is 4.21. The van der Waals surface area contributed by atoms with Crippen molar-refractivity contribution >= 4 is 5.91 Å². The maximum atomic E-state index is 11.9. The van der Waals surface area contributed by atoms with Crippen molar-refractivity contribution < 1.29 is 4.79 Å². The van der Waals surface area contributed by atoms with Crippen LogP contribution in [0.15, 0.2) is 43.0 Å². The quantitative estimate of drug-likeness (QED) is 0.759. The van der Waals surface area contributed by atoms with E-state index in [0.29, 0.717) is 12.1 Å². The summed E-state index contributed by atoms with van der Waals surface area (Å²) in [5.41, 5.74) is 2.76. The van der Waals surface area contributed by atoms with Gasteiger partial charge >= 0.3 is 0 Å². The highest BCUT2D eigenvalue weighted by molar-refractivity contribution is 5.93. The van der Waals surface area contributed by atoms with Gasteiger partial charge in [0.05, 0.1) is 5.56 Å². The van der Waals surface area contributed by atoms with E-state index in [4.69, 9.17) is 0 Å². The average molecular weight is 284 g/mol. The average Bonchev–Trinajstić information content (AvgIpc) is 2.51. The molecule has 0 saturated carbocycles. The molecule has 21 heavy (non-hydrogen) atoms. The first-order valence-electron chi connectivity index (χ1n) is 7.05. The topological polar surface area (TPSA) is 66.9 Å². The third-order valence-corrected chi connectivity index (χ3v) is 3.00. The van der Waals surface area contributed by atoms with Gasteiger partial charge < -0.3 is 10.6 Å². The standard InChI is InChI=1S/C16H20N4O/c1-13-8-15(12-19-9-13)16(21)20-7-3-6-18-11-14-4-2-5-17-10-14/h2,4-5,8-10,12,18H,3,6-7,11H2,1H3,(H,20,21). The minimum absolute atomic E-state index is 0.0709. The highest BCUT2D eigenvalue weighted by Crippen LogP contribution is 2.00. The summed E-state index contributed by atoms with van der Waals surface area (Å²) in [5, 5.41) is 6.21. The number of amides is 1. The van der Waals surface area contributed by atoms with Gasteiger partial charge in [0.15, 0.2) is 0 Å². The molecular weight excluding hydrogens is 264 g/mol. The van der Waals surface area contributed by atoms with Crippen molar-refractivity contribution in [3.63, 3.8) is 0 Å². The van der Waals surface area contributed by atoms with Gasteiger partial charge in [-0.3, -0.25) is 14.8 Å². The molecule has 2 N–H and O–H groups in total. The summed E-state index contributed by atoms with van der Waals surface area (Å²) in [4.78, 5) is 19.9. The molecule has 0 fully saturated rings. The number of aryl methyl sites for hydroxylation is 1. The number of carbonyl (C=O) groups excluding carboxylic acids is 1. The number of hydrogen-bond acceptors (Lipinski definition) is 4. The van der Waals surface area contributed by atoms with Crippen LogP contribution in [0.1, 0.15) is 27.9 Å². The Morgan fingerprint density at radius 3 is 2.86 bits per heavy atom. The molecule has 0 spiro atoms. The van der Waals surface area contributed by atoms with Crippen molar-refractivity contribution in [1.82, 2.24) is 20.6 Å². The minimum atomic E-state index is -0.0709. The van der Waals surface area contributed by atoms with E-state index in [2.05, 4.69) is 20.6 Å². The lowest BCUT2D eigenvalue weighted by atomic mass is 10.2. The summed E-state index contributed by atoms with van der Waals surface area (Å²) < 4.78 is 0. The first-order valence-corrected chi connectivity index (χ1v) is 7.05. The van der Waals surface area contributed by atoms with Crippen molar-refractivity contribution in [2.45, 2.75) is 19.9 Å². The van der Waals surface area contributed by atoms with Crippen LogP contribution < -0.4 is 10.6 Å². The van der Waals surface area contributed by atoms with E-state index in [-0.39, 0.29) is 5.91 Å². The van der Waals surface area contributed by atoms with Gasteiger partial charge in [0.25, 0.3) is 5.91 Å². The van der Waals surface area contributed by atoms with Crippen molar-refractivity contribution in [3.8, 4) is 0 Å². The summed E-state index contributed by atoms with van der Waals surface area (Å²) in [6.07, 6.45) is 7.81. The SMILES string of the molecule is Cc1cncc(C(=O)NCCCNCc2cccnc2)c1. The highest BCUT2D eigenvalue weighted by Gasteiger charge is 2.04. The van der Waals surface area contributed by atoms with E-state index < -0.39 is 0 Å². The van der Waals surface area contributed by atoms with Crippen LogP contribution in [-0.2, 0) is 6.54 Å². The molecule has 0 aromatic carbocycles. The first-order chi connectivity index (χ1) is 10.3. The molecule has 2 aromatic rings. The molecule has 110 valence electrons. The third kappa shape index (κ3) is 5.31. The molecule has 0 bridgehead atoms. The summed E-state index contributed by atoms with van der Waals surface area (Å²) in [6, 6.07) is 5.79.